The molecular formula is C4H7NO3S9. The molecule has 1 atom stereocenters. The van der Waals surface area contributed by atoms with Crippen LogP contribution in [-0.4, -0.2) is 22.2 Å². The minimum Gasteiger partial charge on any atom is -0.481 e. The molecule has 0 aromatic rings. The zero-order valence-corrected chi connectivity index (χ0v) is 15.3. The average Bonchev–Trinajstić information content (AvgIpc) is 2.22. The van der Waals surface area contributed by atoms with Gasteiger partial charge < -0.3 is 10.8 Å². The number of hydrogen-bond donors (Lipinski definition) is 3. The Balaban J connectivity index is 4.29. The molecule has 0 amide bonds. The first-order chi connectivity index (χ1) is 7.81. The van der Waals surface area contributed by atoms with Gasteiger partial charge in [0.15, 0.2) is 0 Å². The first-order valence-electron chi connectivity index (χ1n) is 3.57. The van der Waals surface area contributed by atoms with Crippen LogP contribution in [0.25, 0.3) is 0 Å². The van der Waals surface area contributed by atoms with Crippen LogP contribution in [0.5, 0.6) is 0 Å². The lowest BCUT2D eigenvalue weighted by atomic mass is 10.2. The molecule has 0 spiro atoms. The summed E-state index contributed by atoms with van der Waals surface area (Å²) in [6, 6.07) is -1.12. The molecule has 13 heteroatoms. The molecule has 0 bridgehead atoms. The molecule has 0 aliphatic heterocycles. The summed E-state index contributed by atoms with van der Waals surface area (Å²) in [6.45, 7) is 0. The lowest BCUT2D eigenvalue weighted by Gasteiger charge is -2.11. The molecule has 4 nitrogen and oxygen atoms in total. The van der Waals surface area contributed by atoms with Gasteiger partial charge in [0.1, 0.15) is 0 Å². The second kappa shape index (κ2) is 9.83. The maximum Gasteiger partial charge on any atom is 0.305 e. The Kier molecular flexibility index (Phi) is 11.0. The van der Waals surface area contributed by atoms with Crippen molar-refractivity contribution in [3.05, 3.63) is 0 Å². The van der Waals surface area contributed by atoms with Crippen molar-refractivity contribution in [2.45, 2.75) is 12.5 Å². The highest BCUT2D eigenvalue weighted by Crippen LogP contribution is 2.51. The molecule has 0 aromatic carbocycles. The van der Waals surface area contributed by atoms with Crippen LogP contribution in [0.15, 0.2) is 0 Å². The molecule has 100 valence electrons. The maximum absolute atomic E-state index is 11.7. The third-order valence-electron chi connectivity index (χ3n) is 1.15. The fourth-order valence-corrected chi connectivity index (χ4v) is 18.1. The summed E-state index contributed by atoms with van der Waals surface area (Å²) < 4.78 is 0. The molecule has 3 N–H and O–H groups in total. The standard InChI is InChI=1S/C4H7NO3S9/c5-2(1-3(6)7)4(8)17(10,11)16-15-14-13-12-9/h2,9H,1,5H2,(H,6,7)/t2-/m0/s1. The summed E-state index contributed by atoms with van der Waals surface area (Å²) in [5, 5.41) is 7.99. The molecule has 0 radical (unpaired) electrons. The molecule has 0 fully saturated rings. The van der Waals surface area contributed by atoms with Crippen LogP contribution in [0.4, 0.5) is 0 Å². The van der Waals surface area contributed by atoms with E-state index in [0.717, 1.165) is 9.83 Å². The molecule has 0 rings (SSSR count). The molecule has 0 aliphatic carbocycles. The van der Waals surface area contributed by atoms with Gasteiger partial charge in [0.2, 0.25) is 5.12 Å². The minimum absolute atomic E-state index is 0.444. The van der Waals surface area contributed by atoms with Gasteiger partial charge in [0, 0.05) is 25.8 Å². The predicted molar refractivity (Wildman–Crippen MR) is 94.3 cm³/mol. The maximum atomic E-state index is 11.7. The lowest BCUT2D eigenvalue weighted by molar-refractivity contribution is -0.138. The molecule has 0 aromatic heterocycles. The van der Waals surface area contributed by atoms with E-state index in [4.69, 9.17) is 33.2 Å². The van der Waals surface area contributed by atoms with Crippen molar-refractivity contribution in [3.63, 3.8) is 0 Å². The zero-order chi connectivity index (χ0) is 13.5. The van der Waals surface area contributed by atoms with Crippen molar-refractivity contribution in [2.75, 3.05) is 0 Å². The summed E-state index contributed by atoms with van der Waals surface area (Å²) >= 11 is 13.9. The van der Waals surface area contributed by atoms with Crippen LogP contribution in [0.1, 0.15) is 6.42 Å². The summed E-state index contributed by atoms with van der Waals surface area (Å²) in [6.07, 6.45) is -2.88. The monoisotopic (exact) mass is 405 g/mol. The van der Waals surface area contributed by atoms with Gasteiger partial charge in [-0.3, -0.25) is 9.59 Å². The van der Waals surface area contributed by atoms with Crippen LogP contribution in [0.3, 0.4) is 0 Å². The van der Waals surface area contributed by atoms with E-state index in [9.17, 15) is 9.59 Å². The molecule has 0 saturated carbocycles. The number of rotatable bonds is 8. The van der Waals surface area contributed by atoms with Crippen molar-refractivity contribution in [1.29, 1.82) is 0 Å². The highest BCUT2D eigenvalue weighted by molar-refractivity contribution is 9.47. The van der Waals surface area contributed by atoms with Gasteiger partial charge in [-0.2, -0.15) is 0 Å². The van der Waals surface area contributed by atoms with Crippen LogP contribution < -0.4 is 5.73 Å². The summed E-state index contributed by atoms with van der Waals surface area (Å²) in [5.41, 5.74) is 5.44. The number of carboxylic acid groups (broad SMARTS) is 1. The minimum atomic E-state index is -2.43. The van der Waals surface area contributed by atoms with Gasteiger partial charge in [-0.15, -0.1) is 0 Å². The zero-order valence-electron chi connectivity index (χ0n) is 7.84. The van der Waals surface area contributed by atoms with Crippen LogP contribution in [0, 0.1) is 0 Å². The van der Waals surface area contributed by atoms with E-state index in [1.54, 1.807) is 0 Å². The Morgan fingerprint density at radius 3 is 2.41 bits per heavy atom. The highest BCUT2D eigenvalue weighted by Gasteiger charge is 2.24. The van der Waals surface area contributed by atoms with Gasteiger partial charge >= 0.3 is 5.97 Å². The Morgan fingerprint density at radius 2 is 1.94 bits per heavy atom. The van der Waals surface area contributed by atoms with Crippen molar-refractivity contribution in [2.24, 2.45) is 5.73 Å². The number of hydrogen-bond acceptors (Lipinski definition) is 11. The fourth-order valence-electron chi connectivity index (χ4n) is 0.562. The van der Waals surface area contributed by atoms with E-state index in [1.807, 2.05) is 0 Å². The molecule has 0 heterocycles. The first-order valence-corrected chi connectivity index (χ1v) is 14.8. The number of carbonyl (C=O) groups is 2. The topological polar surface area (TPSA) is 80.4 Å². The summed E-state index contributed by atoms with van der Waals surface area (Å²) in [7, 11) is 6.42. The van der Waals surface area contributed by atoms with E-state index < -0.39 is 29.7 Å². The van der Waals surface area contributed by atoms with Crippen molar-refractivity contribution < 1.29 is 14.7 Å². The molecule has 17 heavy (non-hydrogen) atoms. The predicted octanol–water partition coefficient (Wildman–Crippen LogP) is 2.48. The summed E-state index contributed by atoms with van der Waals surface area (Å²) in [4.78, 5) is 22.2. The fraction of sp³-hybridized carbons (Fsp3) is 0.500. The second-order valence-electron chi connectivity index (χ2n) is 2.32. The van der Waals surface area contributed by atoms with Crippen molar-refractivity contribution in [3.8, 4) is 0 Å². The highest BCUT2D eigenvalue weighted by atomic mass is 34.0. The Bertz CT molecular complexity index is 366. The number of thiol groups is 1. The van der Waals surface area contributed by atoms with E-state index in [0.29, 0.717) is 0 Å². The normalized spacial score (nSPS) is 13.3. The number of aliphatic carboxylic acids is 1. The van der Waals surface area contributed by atoms with Gasteiger partial charge in [0.25, 0.3) is 0 Å². The van der Waals surface area contributed by atoms with E-state index >= 15 is 0 Å². The van der Waals surface area contributed by atoms with E-state index in [1.165, 1.54) is 39.3 Å². The Hall–Kier alpha value is 1.99. The van der Waals surface area contributed by atoms with Crippen molar-refractivity contribution >= 4 is 100 Å². The molecule has 0 aliphatic rings. The quantitative estimate of drug-likeness (QED) is 0.316. The van der Waals surface area contributed by atoms with Crippen LogP contribution in [-0.2, 0) is 38.1 Å². The number of carbonyl (C=O) groups excluding carboxylic acids is 1. The number of carboxylic acids is 1. The van der Waals surface area contributed by atoms with Gasteiger partial charge in [-0.25, -0.2) is 0 Å². The van der Waals surface area contributed by atoms with Gasteiger partial charge in [-0.05, 0) is 51.9 Å². The second-order valence-corrected chi connectivity index (χ2v) is 19.0. The van der Waals surface area contributed by atoms with E-state index in [2.05, 4.69) is 11.7 Å². The van der Waals surface area contributed by atoms with Gasteiger partial charge in [-0.1, -0.05) is 11.7 Å². The Labute approximate surface area is 132 Å². The third-order valence-corrected chi connectivity index (χ3v) is 17.9. The number of nitrogens with two attached hydrogens (primary N) is 1. The SMILES string of the molecule is N[C@@H](CC(=O)O)C(=O)S(=S)(=S)SSSSSS. The molecule has 0 unspecified atom stereocenters. The Morgan fingerprint density at radius 1 is 1.35 bits per heavy atom. The largest absolute Gasteiger partial charge is 0.481 e. The smallest absolute Gasteiger partial charge is 0.305 e. The van der Waals surface area contributed by atoms with Crippen molar-refractivity contribution in [1.82, 2.24) is 0 Å². The van der Waals surface area contributed by atoms with Gasteiger partial charge in [0.05, 0.1) is 12.5 Å². The van der Waals surface area contributed by atoms with E-state index in [-0.39, 0.29) is 0 Å². The molecular weight excluding hydrogens is 399 g/mol. The molecule has 0 saturated heterocycles. The van der Waals surface area contributed by atoms with Crippen LogP contribution >= 0.6 is 60.8 Å². The average molecular weight is 406 g/mol. The summed E-state index contributed by atoms with van der Waals surface area (Å²) in [5.74, 6) is -1.14. The first kappa shape index (κ1) is 19.0. The lowest BCUT2D eigenvalue weighted by Crippen LogP contribution is -2.35. The third kappa shape index (κ3) is 8.70. The van der Waals surface area contributed by atoms with Crippen LogP contribution in [0.2, 0.25) is 0 Å².